The first kappa shape index (κ1) is 15.5. The minimum atomic E-state index is 0.636. The molecule has 20 heavy (non-hydrogen) atoms. The van der Waals surface area contributed by atoms with E-state index in [1.54, 1.807) is 0 Å². The molecule has 1 aromatic heterocycles. The Kier molecular flexibility index (Phi) is 5.61. The largest absolute Gasteiger partial charge is 0.311 e. The first-order valence-corrected chi connectivity index (χ1v) is 8.05. The van der Waals surface area contributed by atoms with Gasteiger partial charge in [-0.25, -0.2) is 0 Å². The number of hydrogen-bond acceptors (Lipinski definition) is 3. The normalized spacial score (nSPS) is 24.4. The van der Waals surface area contributed by atoms with Crippen LogP contribution in [0.3, 0.4) is 0 Å². The molecule has 0 aliphatic carbocycles. The lowest BCUT2D eigenvalue weighted by atomic mass is 9.97. The minimum absolute atomic E-state index is 0.636. The average Bonchev–Trinajstić information content (AvgIpc) is 2.83. The van der Waals surface area contributed by atoms with Crippen molar-refractivity contribution >= 4 is 0 Å². The molecule has 1 fully saturated rings. The molecule has 1 N–H and O–H groups in total. The van der Waals surface area contributed by atoms with Crippen LogP contribution >= 0.6 is 0 Å². The maximum Gasteiger partial charge on any atom is 0.0522 e. The second-order valence-corrected chi connectivity index (χ2v) is 6.47. The second kappa shape index (κ2) is 7.23. The van der Waals surface area contributed by atoms with Gasteiger partial charge in [-0.1, -0.05) is 27.2 Å². The van der Waals surface area contributed by atoms with Gasteiger partial charge in [-0.3, -0.25) is 9.58 Å². The highest BCUT2D eigenvalue weighted by atomic mass is 15.2. The van der Waals surface area contributed by atoms with E-state index < -0.39 is 0 Å². The lowest BCUT2D eigenvalue weighted by molar-refractivity contribution is 0.108. The number of hydrogen-bond donors (Lipinski definition) is 1. The molecule has 2 heterocycles. The summed E-state index contributed by atoms with van der Waals surface area (Å²) in [4.78, 5) is 2.69. The van der Waals surface area contributed by atoms with E-state index in [0.717, 1.165) is 19.5 Å². The molecule has 1 aliphatic rings. The first-order valence-electron chi connectivity index (χ1n) is 8.05. The standard InChI is InChI=1S/C16H30N4/c1-5-6-15-10-17-16(13(2)3)12-20(15)8-7-14-9-18-19(4)11-14/h9,11,13,15-17H,5-8,10,12H2,1-4H3. The fraction of sp³-hybridized carbons (Fsp3) is 0.812. The van der Waals surface area contributed by atoms with Gasteiger partial charge in [-0.15, -0.1) is 0 Å². The number of nitrogens with one attached hydrogen (secondary N) is 1. The van der Waals surface area contributed by atoms with Crippen LogP contribution in [0.15, 0.2) is 12.4 Å². The zero-order valence-corrected chi connectivity index (χ0v) is 13.5. The van der Waals surface area contributed by atoms with Gasteiger partial charge < -0.3 is 5.32 Å². The summed E-state index contributed by atoms with van der Waals surface area (Å²) in [5, 5.41) is 7.99. The number of aryl methyl sites for hydroxylation is 1. The lowest BCUT2D eigenvalue weighted by Crippen LogP contribution is -2.58. The third kappa shape index (κ3) is 4.06. The Labute approximate surface area is 123 Å². The predicted molar refractivity (Wildman–Crippen MR) is 83.8 cm³/mol. The van der Waals surface area contributed by atoms with Gasteiger partial charge in [0.2, 0.25) is 0 Å². The summed E-state index contributed by atoms with van der Waals surface area (Å²) in [5.74, 6) is 0.707. The van der Waals surface area contributed by atoms with Crippen LogP contribution in [0.4, 0.5) is 0 Å². The van der Waals surface area contributed by atoms with Gasteiger partial charge in [-0.2, -0.15) is 5.10 Å². The highest BCUT2D eigenvalue weighted by Gasteiger charge is 2.28. The lowest BCUT2D eigenvalue weighted by Gasteiger charge is -2.42. The SMILES string of the molecule is CCCC1CNC(C(C)C)CN1CCc1cnn(C)c1. The van der Waals surface area contributed by atoms with E-state index in [9.17, 15) is 0 Å². The van der Waals surface area contributed by atoms with Crippen molar-refractivity contribution in [3.8, 4) is 0 Å². The molecule has 4 heteroatoms. The van der Waals surface area contributed by atoms with Crippen molar-refractivity contribution < 1.29 is 0 Å². The molecule has 114 valence electrons. The van der Waals surface area contributed by atoms with Gasteiger partial charge in [0.25, 0.3) is 0 Å². The van der Waals surface area contributed by atoms with E-state index in [1.807, 2.05) is 17.9 Å². The topological polar surface area (TPSA) is 33.1 Å². The molecule has 0 amide bonds. The fourth-order valence-electron chi connectivity index (χ4n) is 3.09. The fourth-order valence-corrected chi connectivity index (χ4v) is 3.09. The predicted octanol–water partition coefficient (Wildman–Crippen LogP) is 2.06. The molecule has 0 aromatic carbocycles. The highest BCUT2D eigenvalue weighted by molar-refractivity contribution is 5.04. The van der Waals surface area contributed by atoms with Crippen LogP contribution < -0.4 is 5.32 Å². The molecule has 0 radical (unpaired) electrons. The van der Waals surface area contributed by atoms with Crippen molar-refractivity contribution in [2.24, 2.45) is 13.0 Å². The molecule has 0 saturated carbocycles. The highest BCUT2D eigenvalue weighted by Crippen LogP contribution is 2.17. The molecular formula is C16H30N4. The summed E-state index contributed by atoms with van der Waals surface area (Å²) < 4.78 is 1.90. The first-order chi connectivity index (χ1) is 9.60. The number of nitrogens with zero attached hydrogens (tertiary/aromatic N) is 3. The third-order valence-corrected chi connectivity index (χ3v) is 4.44. The Bertz CT molecular complexity index is 399. The van der Waals surface area contributed by atoms with Crippen molar-refractivity contribution in [1.82, 2.24) is 20.0 Å². The van der Waals surface area contributed by atoms with Crippen LogP contribution in [0.1, 0.15) is 39.2 Å². The van der Waals surface area contributed by atoms with Crippen LogP contribution in [0.25, 0.3) is 0 Å². The summed E-state index contributed by atoms with van der Waals surface area (Å²) >= 11 is 0. The van der Waals surface area contributed by atoms with E-state index in [0.29, 0.717) is 18.0 Å². The molecule has 1 saturated heterocycles. The van der Waals surface area contributed by atoms with Gasteiger partial charge >= 0.3 is 0 Å². The van der Waals surface area contributed by atoms with Crippen molar-refractivity contribution in [3.63, 3.8) is 0 Å². The Morgan fingerprint density at radius 2 is 2.25 bits per heavy atom. The summed E-state index contributed by atoms with van der Waals surface area (Å²) in [6, 6.07) is 1.34. The van der Waals surface area contributed by atoms with Crippen LogP contribution in [-0.2, 0) is 13.5 Å². The maximum absolute atomic E-state index is 4.26. The molecule has 1 aliphatic heterocycles. The van der Waals surface area contributed by atoms with Gasteiger partial charge in [0.1, 0.15) is 0 Å². The summed E-state index contributed by atoms with van der Waals surface area (Å²) in [7, 11) is 1.99. The second-order valence-electron chi connectivity index (χ2n) is 6.47. The Balaban J connectivity index is 1.92. The molecule has 2 atom stereocenters. The van der Waals surface area contributed by atoms with E-state index >= 15 is 0 Å². The van der Waals surface area contributed by atoms with Crippen molar-refractivity contribution in [3.05, 3.63) is 18.0 Å². The maximum atomic E-state index is 4.26. The summed E-state index contributed by atoms with van der Waals surface area (Å²) in [6.07, 6.45) is 7.81. The summed E-state index contributed by atoms with van der Waals surface area (Å²) in [6.45, 7) is 10.4. The van der Waals surface area contributed by atoms with Crippen molar-refractivity contribution in [2.75, 3.05) is 19.6 Å². The molecule has 0 spiro atoms. The number of piperazine rings is 1. The summed E-state index contributed by atoms with van der Waals surface area (Å²) in [5.41, 5.74) is 1.35. The van der Waals surface area contributed by atoms with E-state index in [4.69, 9.17) is 0 Å². The van der Waals surface area contributed by atoms with Crippen LogP contribution in [0.5, 0.6) is 0 Å². The van der Waals surface area contributed by atoms with Crippen molar-refractivity contribution in [2.45, 2.75) is 52.1 Å². The average molecular weight is 278 g/mol. The van der Waals surface area contributed by atoms with Gasteiger partial charge in [0.05, 0.1) is 6.20 Å². The van der Waals surface area contributed by atoms with Crippen LogP contribution in [-0.4, -0.2) is 46.4 Å². The number of rotatable bonds is 6. The van der Waals surface area contributed by atoms with E-state index in [1.165, 1.54) is 24.9 Å². The molecule has 4 nitrogen and oxygen atoms in total. The zero-order valence-electron chi connectivity index (χ0n) is 13.5. The van der Waals surface area contributed by atoms with Crippen molar-refractivity contribution in [1.29, 1.82) is 0 Å². The monoisotopic (exact) mass is 278 g/mol. The van der Waals surface area contributed by atoms with Crippen LogP contribution in [0.2, 0.25) is 0 Å². The molecule has 1 aromatic rings. The molecule has 0 bridgehead atoms. The molecule has 2 unspecified atom stereocenters. The zero-order chi connectivity index (χ0) is 14.5. The van der Waals surface area contributed by atoms with Gasteiger partial charge in [0, 0.05) is 45.0 Å². The molecular weight excluding hydrogens is 248 g/mol. The Hall–Kier alpha value is -0.870. The minimum Gasteiger partial charge on any atom is -0.311 e. The smallest absolute Gasteiger partial charge is 0.0522 e. The van der Waals surface area contributed by atoms with Gasteiger partial charge in [-0.05, 0) is 24.3 Å². The molecule has 2 rings (SSSR count). The van der Waals surface area contributed by atoms with Crippen LogP contribution in [0, 0.1) is 5.92 Å². The van der Waals surface area contributed by atoms with E-state index in [2.05, 4.69) is 42.3 Å². The Morgan fingerprint density at radius 1 is 1.45 bits per heavy atom. The quantitative estimate of drug-likeness (QED) is 0.864. The van der Waals surface area contributed by atoms with E-state index in [-0.39, 0.29) is 0 Å². The van der Waals surface area contributed by atoms with Gasteiger partial charge in [0.15, 0.2) is 0 Å². The Morgan fingerprint density at radius 3 is 2.85 bits per heavy atom. The third-order valence-electron chi connectivity index (χ3n) is 4.44. The number of aromatic nitrogens is 2.